The second-order valence-electron chi connectivity index (χ2n) is 4.46. The van der Waals surface area contributed by atoms with E-state index in [-0.39, 0.29) is 18.3 Å². The molecule has 1 amide bonds. The van der Waals surface area contributed by atoms with E-state index in [1.807, 2.05) is 6.07 Å². The Balaban J connectivity index is 0.00000324. The summed E-state index contributed by atoms with van der Waals surface area (Å²) in [5.74, 6) is 0.0585. The number of amides is 1. The van der Waals surface area contributed by atoms with Crippen molar-refractivity contribution >= 4 is 18.3 Å². The van der Waals surface area contributed by atoms with Gasteiger partial charge < -0.3 is 15.5 Å². The molecule has 0 saturated carbocycles. The van der Waals surface area contributed by atoms with Crippen molar-refractivity contribution in [3.63, 3.8) is 0 Å². The standard InChI is InChI=1S/C14H23N3O.ClH/c1-15-11-14(18)16-9-6-10-17(2)12-13-7-4-3-5-8-13;/h3-5,7-8,15H,6,9-12H2,1-2H3,(H,16,18);1H. The van der Waals surface area contributed by atoms with E-state index in [2.05, 4.69) is 46.8 Å². The van der Waals surface area contributed by atoms with Crippen molar-refractivity contribution in [1.29, 1.82) is 0 Å². The maximum Gasteiger partial charge on any atom is 0.233 e. The maximum atomic E-state index is 11.2. The van der Waals surface area contributed by atoms with Gasteiger partial charge in [-0.2, -0.15) is 0 Å². The van der Waals surface area contributed by atoms with Crippen LogP contribution in [-0.2, 0) is 11.3 Å². The van der Waals surface area contributed by atoms with Crippen molar-refractivity contribution in [2.24, 2.45) is 0 Å². The molecule has 0 aliphatic heterocycles. The predicted molar refractivity (Wildman–Crippen MR) is 81.6 cm³/mol. The van der Waals surface area contributed by atoms with Crippen LogP contribution in [0.15, 0.2) is 30.3 Å². The van der Waals surface area contributed by atoms with E-state index in [4.69, 9.17) is 0 Å². The number of benzene rings is 1. The summed E-state index contributed by atoms with van der Waals surface area (Å²) < 4.78 is 0. The Morgan fingerprint density at radius 3 is 2.58 bits per heavy atom. The van der Waals surface area contributed by atoms with Gasteiger partial charge in [0, 0.05) is 13.1 Å². The van der Waals surface area contributed by atoms with E-state index in [0.29, 0.717) is 6.54 Å². The number of carbonyl (C=O) groups is 1. The quantitative estimate of drug-likeness (QED) is 0.707. The van der Waals surface area contributed by atoms with E-state index >= 15 is 0 Å². The van der Waals surface area contributed by atoms with Crippen LogP contribution in [0.4, 0.5) is 0 Å². The number of rotatable bonds is 8. The minimum Gasteiger partial charge on any atom is -0.355 e. The van der Waals surface area contributed by atoms with Crippen LogP contribution in [0.2, 0.25) is 0 Å². The van der Waals surface area contributed by atoms with E-state index in [1.165, 1.54) is 5.56 Å². The number of likely N-dealkylation sites (N-methyl/N-ethyl adjacent to an activating group) is 1. The average molecular weight is 286 g/mol. The van der Waals surface area contributed by atoms with Gasteiger partial charge in [0.15, 0.2) is 0 Å². The molecule has 0 saturated heterocycles. The second-order valence-corrected chi connectivity index (χ2v) is 4.46. The lowest BCUT2D eigenvalue weighted by Gasteiger charge is -2.16. The zero-order valence-electron chi connectivity index (χ0n) is 11.7. The Bertz CT molecular complexity index is 346. The third-order valence-electron chi connectivity index (χ3n) is 2.67. The highest BCUT2D eigenvalue weighted by molar-refractivity contribution is 5.85. The van der Waals surface area contributed by atoms with Crippen LogP contribution in [0.1, 0.15) is 12.0 Å². The summed E-state index contributed by atoms with van der Waals surface area (Å²) in [4.78, 5) is 13.5. The molecule has 0 fully saturated rings. The fraction of sp³-hybridized carbons (Fsp3) is 0.500. The highest BCUT2D eigenvalue weighted by Gasteiger charge is 2.01. The lowest BCUT2D eigenvalue weighted by atomic mass is 10.2. The molecular formula is C14H24ClN3O. The fourth-order valence-electron chi connectivity index (χ4n) is 1.77. The summed E-state index contributed by atoms with van der Waals surface area (Å²) in [7, 11) is 3.87. The Morgan fingerprint density at radius 2 is 1.95 bits per heavy atom. The van der Waals surface area contributed by atoms with E-state index in [9.17, 15) is 4.79 Å². The van der Waals surface area contributed by atoms with Crippen LogP contribution in [0.3, 0.4) is 0 Å². The van der Waals surface area contributed by atoms with Crippen LogP contribution in [0.25, 0.3) is 0 Å². The first-order chi connectivity index (χ1) is 8.72. The third-order valence-corrected chi connectivity index (χ3v) is 2.67. The molecule has 108 valence electrons. The first-order valence-corrected chi connectivity index (χ1v) is 6.36. The summed E-state index contributed by atoms with van der Waals surface area (Å²) in [6, 6.07) is 10.4. The Hall–Kier alpha value is -1.10. The summed E-state index contributed by atoms with van der Waals surface area (Å²) in [6.45, 7) is 3.06. The van der Waals surface area contributed by atoms with Crippen molar-refractivity contribution in [2.45, 2.75) is 13.0 Å². The van der Waals surface area contributed by atoms with E-state index < -0.39 is 0 Å². The summed E-state index contributed by atoms with van der Waals surface area (Å²) in [6.07, 6.45) is 0.971. The predicted octanol–water partition coefficient (Wildman–Crippen LogP) is 1.27. The van der Waals surface area contributed by atoms with Gasteiger partial charge in [-0.1, -0.05) is 30.3 Å². The topological polar surface area (TPSA) is 44.4 Å². The van der Waals surface area contributed by atoms with Gasteiger partial charge in [-0.3, -0.25) is 4.79 Å². The van der Waals surface area contributed by atoms with Crippen LogP contribution in [0, 0.1) is 0 Å². The van der Waals surface area contributed by atoms with Crippen LogP contribution in [0.5, 0.6) is 0 Å². The molecule has 0 bridgehead atoms. The number of nitrogens with zero attached hydrogens (tertiary/aromatic N) is 1. The molecule has 0 aromatic heterocycles. The normalized spacial score (nSPS) is 10.1. The number of hydrogen-bond donors (Lipinski definition) is 2. The summed E-state index contributed by atoms with van der Waals surface area (Å²) in [5.41, 5.74) is 1.32. The Morgan fingerprint density at radius 1 is 1.26 bits per heavy atom. The molecule has 0 aliphatic carbocycles. The summed E-state index contributed by atoms with van der Waals surface area (Å²) in [5, 5.41) is 5.70. The number of hydrogen-bond acceptors (Lipinski definition) is 3. The van der Waals surface area contributed by atoms with E-state index in [0.717, 1.165) is 26.1 Å². The van der Waals surface area contributed by atoms with Gasteiger partial charge in [-0.25, -0.2) is 0 Å². The molecule has 0 aliphatic rings. The molecule has 1 rings (SSSR count). The molecule has 0 heterocycles. The van der Waals surface area contributed by atoms with Crippen molar-refractivity contribution in [3.05, 3.63) is 35.9 Å². The van der Waals surface area contributed by atoms with Crippen molar-refractivity contribution < 1.29 is 4.79 Å². The average Bonchev–Trinajstić information content (AvgIpc) is 2.36. The lowest BCUT2D eigenvalue weighted by molar-refractivity contribution is -0.120. The Kier molecular flexibility index (Phi) is 10.2. The minimum atomic E-state index is 0. The molecule has 0 atom stereocenters. The van der Waals surface area contributed by atoms with Gasteiger partial charge in [0.1, 0.15) is 0 Å². The third kappa shape index (κ3) is 8.59. The van der Waals surface area contributed by atoms with Crippen molar-refractivity contribution in [1.82, 2.24) is 15.5 Å². The van der Waals surface area contributed by atoms with Crippen LogP contribution >= 0.6 is 12.4 Å². The molecule has 5 heteroatoms. The molecule has 0 unspecified atom stereocenters. The molecule has 4 nitrogen and oxygen atoms in total. The lowest BCUT2D eigenvalue weighted by Crippen LogP contribution is -2.34. The zero-order chi connectivity index (χ0) is 13.2. The molecule has 1 aromatic rings. The first kappa shape index (κ1) is 17.9. The zero-order valence-corrected chi connectivity index (χ0v) is 12.5. The van der Waals surface area contributed by atoms with Crippen molar-refractivity contribution in [2.75, 3.05) is 33.7 Å². The first-order valence-electron chi connectivity index (χ1n) is 6.36. The van der Waals surface area contributed by atoms with Gasteiger partial charge in [0.25, 0.3) is 0 Å². The Labute approximate surface area is 122 Å². The van der Waals surface area contributed by atoms with E-state index in [1.54, 1.807) is 7.05 Å². The molecule has 19 heavy (non-hydrogen) atoms. The maximum absolute atomic E-state index is 11.2. The largest absolute Gasteiger partial charge is 0.355 e. The van der Waals surface area contributed by atoms with Gasteiger partial charge in [0.2, 0.25) is 5.91 Å². The molecule has 0 spiro atoms. The van der Waals surface area contributed by atoms with Gasteiger partial charge in [-0.05, 0) is 32.6 Å². The molecule has 1 aromatic carbocycles. The highest BCUT2D eigenvalue weighted by atomic mass is 35.5. The van der Waals surface area contributed by atoms with Gasteiger partial charge >= 0.3 is 0 Å². The number of halogens is 1. The van der Waals surface area contributed by atoms with Gasteiger partial charge in [0.05, 0.1) is 6.54 Å². The van der Waals surface area contributed by atoms with Crippen molar-refractivity contribution in [3.8, 4) is 0 Å². The number of carbonyl (C=O) groups excluding carboxylic acids is 1. The second kappa shape index (κ2) is 10.8. The van der Waals surface area contributed by atoms with Gasteiger partial charge in [-0.15, -0.1) is 12.4 Å². The highest BCUT2D eigenvalue weighted by Crippen LogP contribution is 2.02. The summed E-state index contributed by atoms with van der Waals surface area (Å²) >= 11 is 0. The number of nitrogens with one attached hydrogen (secondary N) is 2. The fourth-order valence-corrected chi connectivity index (χ4v) is 1.77. The molecular weight excluding hydrogens is 262 g/mol. The molecule has 0 radical (unpaired) electrons. The van der Waals surface area contributed by atoms with Crippen LogP contribution < -0.4 is 10.6 Å². The smallest absolute Gasteiger partial charge is 0.233 e. The molecule has 2 N–H and O–H groups in total. The van der Waals surface area contributed by atoms with Crippen LogP contribution in [-0.4, -0.2) is 44.5 Å². The SMILES string of the molecule is CNCC(=O)NCCCN(C)Cc1ccccc1.Cl. The minimum absolute atomic E-state index is 0. The monoisotopic (exact) mass is 285 g/mol.